The minimum absolute atomic E-state index is 0.313. The Bertz CT molecular complexity index is 434. The molecule has 21 heavy (non-hydrogen) atoms. The third kappa shape index (κ3) is 5.37. The fraction of sp³-hybridized carbons (Fsp3) is 0.765. The van der Waals surface area contributed by atoms with Crippen LogP contribution in [0.3, 0.4) is 0 Å². The highest BCUT2D eigenvalue weighted by Gasteiger charge is 2.25. The van der Waals surface area contributed by atoms with Crippen molar-refractivity contribution >= 4 is 11.3 Å². The predicted molar refractivity (Wildman–Crippen MR) is 88.9 cm³/mol. The monoisotopic (exact) mass is 311 g/mol. The molecular weight excluding hydrogens is 282 g/mol. The van der Waals surface area contributed by atoms with Crippen LogP contribution in [-0.2, 0) is 22.6 Å². The van der Waals surface area contributed by atoms with Crippen molar-refractivity contribution in [3.63, 3.8) is 0 Å². The Kier molecular flexibility index (Phi) is 6.23. The van der Waals surface area contributed by atoms with E-state index in [9.17, 15) is 0 Å². The maximum Gasteiger partial charge on any atom is 0.0731 e. The second-order valence-corrected chi connectivity index (χ2v) is 7.83. The first-order valence-electron chi connectivity index (χ1n) is 8.02. The number of hydrogen-bond acceptors (Lipinski definition) is 4. The number of nitrogens with one attached hydrogen (secondary N) is 1. The Labute approximate surface area is 133 Å². The number of ether oxygens (including phenoxy) is 2. The standard InChI is InChI=1S/C17H29NO2S/c1-11(2)18-9-17-8-15(14(5)21-17)10-19-16-6-12(3)20-13(4)7-16/h8,11-13,16,18H,6-7,9-10H2,1-5H3. The van der Waals surface area contributed by atoms with Gasteiger partial charge in [-0.3, -0.25) is 0 Å². The molecule has 120 valence electrons. The highest BCUT2D eigenvalue weighted by atomic mass is 32.1. The summed E-state index contributed by atoms with van der Waals surface area (Å²) in [6.45, 7) is 12.5. The molecule has 1 N–H and O–H groups in total. The molecule has 1 aliphatic rings. The third-order valence-corrected chi connectivity index (χ3v) is 4.98. The summed E-state index contributed by atoms with van der Waals surface area (Å²) in [6.07, 6.45) is 2.98. The van der Waals surface area contributed by atoms with Gasteiger partial charge in [0.1, 0.15) is 0 Å². The van der Waals surface area contributed by atoms with Gasteiger partial charge in [0.05, 0.1) is 24.9 Å². The van der Waals surface area contributed by atoms with Gasteiger partial charge in [-0.1, -0.05) is 13.8 Å². The van der Waals surface area contributed by atoms with Gasteiger partial charge in [-0.15, -0.1) is 11.3 Å². The Morgan fingerprint density at radius 3 is 2.62 bits per heavy atom. The summed E-state index contributed by atoms with van der Waals surface area (Å²) in [4.78, 5) is 2.78. The summed E-state index contributed by atoms with van der Waals surface area (Å²) in [6, 6.07) is 2.82. The molecule has 1 aliphatic heterocycles. The molecule has 1 saturated heterocycles. The van der Waals surface area contributed by atoms with E-state index in [0.29, 0.717) is 24.4 Å². The first-order valence-corrected chi connectivity index (χ1v) is 8.84. The number of thiophene rings is 1. The molecule has 1 aromatic heterocycles. The number of aryl methyl sites for hydroxylation is 1. The fourth-order valence-corrected chi connectivity index (χ4v) is 3.81. The molecule has 2 rings (SSSR count). The van der Waals surface area contributed by atoms with E-state index in [0.717, 1.165) is 26.0 Å². The quantitative estimate of drug-likeness (QED) is 0.860. The lowest BCUT2D eigenvalue weighted by atomic mass is 10.0. The second-order valence-electron chi connectivity index (χ2n) is 6.49. The molecule has 0 aromatic carbocycles. The first kappa shape index (κ1) is 16.9. The zero-order valence-corrected chi connectivity index (χ0v) is 14.8. The average molecular weight is 311 g/mol. The van der Waals surface area contributed by atoms with Crippen LogP contribution >= 0.6 is 11.3 Å². The van der Waals surface area contributed by atoms with Crippen LogP contribution < -0.4 is 5.32 Å². The molecule has 3 nitrogen and oxygen atoms in total. The Hall–Kier alpha value is -0.420. The van der Waals surface area contributed by atoms with E-state index in [1.165, 1.54) is 15.3 Å². The van der Waals surface area contributed by atoms with Gasteiger partial charge in [0.2, 0.25) is 0 Å². The van der Waals surface area contributed by atoms with E-state index < -0.39 is 0 Å². The van der Waals surface area contributed by atoms with Crippen LogP contribution in [0, 0.1) is 6.92 Å². The summed E-state index contributed by atoms with van der Waals surface area (Å²) in [5.74, 6) is 0. The van der Waals surface area contributed by atoms with Gasteiger partial charge < -0.3 is 14.8 Å². The Balaban J connectivity index is 1.85. The Morgan fingerprint density at radius 1 is 1.33 bits per heavy atom. The topological polar surface area (TPSA) is 30.5 Å². The van der Waals surface area contributed by atoms with Crippen molar-refractivity contribution in [3.8, 4) is 0 Å². The molecule has 0 bridgehead atoms. The summed E-state index contributed by atoms with van der Waals surface area (Å²) >= 11 is 1.88. The molecule has 2 atom stereocenters. The van der Waals surface area contributed by atoms with Crippen molar-refractivity contribution < 1.29 is 9.47 Å². The summed E-state index contributed by atoms with van der Waals surface area (Å²) < 4.78 is 11.9. The van der Waals surface area contributed by atoms with Gasteiger partial charge in [0.25, 0.3) is 0 Å². The van der Waals surface area contributed by atoms with Crippen molar-refractivity contribution in [2.75, 3.05) is 0 Å². The first-order chi connectivity index (χ1) is 9.94. The van der Waals surface area contributed by atoms with E-state index in [1.807, 2.05) is 11.3 Å². The van der Waals surface area contributed by atoms with E-state index in [-0.39, 0.29) is 0 Å². The van der Waals surface area contributed by atoms with Crippen LogP contribution in [0.4, 0.5) is 0 Å². The van der Waals surface area contributed by atoms with Crippen molar-refractivity contribution in [2.24, 2.45) is 0 Å². The average Bonchev–Trinajstić information content (AvgIpc) is 2.73. The van der Waals surface area contributed by atoms with Crippen LogP contribution in [0.2, 0.25) is 0 Å². The van der Waals surface area contributed by atoms with Gasteiger partial charge >= 0.3 is 0 Å². The third-order valence-electron chi connectivity index (χ3n) is 3.88. The van der Waals surface area contributed by atoms with Gasteiger partial charge in [-0.25, -0.2) is 0 Å². The van der Waals surface area contributed by atoms with Gasteiger partial charge in [0, 0.05) is 22.3 Å². The highest BCUT2D eigenvalue weighted by molar-refractivity contribution is 7.12. The summed E-state index contributed by atoms with van der Waals surface area (Å²) in [7, 11) is 0. The molecular formula is C17H29NO2S. The van der Waals surface area contributed by atoms with E-state index in [1.54, 1.807) is 0 Å². The lowest BCUT2D eigenvalue weighted by Crippen LogP contribution is -2.34. The molecule has 0 aliphatic carbocycles. The minimum Gasteiger partial charge on any atom is -0.375 e. The van der Waals surface area contributed by atoms with E-state index in [2.05, 4.69) is 46.0 Å². The minimum atomic E-state index is 0.313. The van der Waals surface area contributed by atoms with E-state index >= 15 is 0 Å². The molecule has 1 aromatic rings. The van der Waals surface area contributed by atoms with Crippen molar-refractivity contribution in [1.82, 2.24) is 5.32 Å². The van der Waals surface area contributed by atoms with Crippen molar-refractivity contribution in [1.29, 1.82) is 0 Å². The molecule has 0 saturated carbocycles. The van der Waals surface area contributed by atoms with Gasteiger partial charge in [-0.2, -0.15) is 0 Å². The zero-order chi connectivity index (χ0) is 15.4. The van der Waals surface area contributed by atoms with Crippen LogP contribution in [0.5, 0.6) is 0 Å². The van der Waals surface area contributed by atoms with Crippen LogP contribution in [-0.4, -0.2) is 24.4 Å². The van der Waals surface area contributed by atoms with Crippen molar-refractivity contribution in [3.05, 3.63) is 21.4 Å². The smallest absolute Gasteiger partial charge is 0.0731 e. The fourth-order valence-electron chi connectivity index (χ4n) is 2.81. The van der Waals surface area contributed by atoms with Crippen LogP contribution in [0.1, 0.15) is 55.9 Å². The molecule has 0 spiro atoms. The maximum atomic E-state index is 6.14. The molecule has 2 unspecified atom stereocenters. The van der Waals surface area contributed by atoms with Gasteiger partial charge in [0.15, 0.2) is 0 Å². The summed E-state index contributed by atoms with van der Waals surface area (Å²) in [5, 5.41) is 3.47. The maximum absolute atomic E-state index is 6.14. The lowest BCUT2D eigenvalue weighted by molar-refractivity contribution is -0.106. The largest absolute Gasteiger partial charge is 0.375 e. The highest BCUT2D eigenvalue weighted by Crippen LogP contribution is 2.26. The normalized spacial score (nSPS) is 26.5. The molecule has 4 heteroatoms. The zero-order valence-electron chi connectivity index (χ0n) is 13.9. The van der Waals surface area contributed by atoms with Crippen molar-refractivity contribution in [2.45, 2.75) is 85.0 Å². The SMILES string of the molecule is Cc1sc(CNC(C)C)cc1COC1CC(C)OC(C)C1. The Morgan fingerprint density at radius 2 is 2.00 bits per heavy atom. The predicted octanol–water partition coefficient (Wildman–Crippen LogP) is 4.03. The molecule has 0 radical (unpaired) electrons. The van der Waals surface area contributed by atoms with Crippen LogP contribution in [0.25, 0.3) is 0 Å². The number of rotatable bonds is 6. The van der Waals surface area contributed by atoms with Gasteiger partial charge in [-0.05, 0) is 45.2 Å². The van der Waals surface area contributed by atoms with E-state index in [4.69, 9.17) is 9.47 Å². The van der Waals surface area contributed by atoms with Crippen LogP contribution in [0.15, 0.2) is 6.07 Å². The molecule has 1 fully saturated rings. The summed E-state index contributed by atoms with van der Waals surface area (Å²) in [5.41, 5.74) is 1.34. The lowest BCUT2D eigenvalue weighted by Gasteiger charge is -2.32. The number of hydrogen-bond donors (Lipinski definition) is 1. The molecule has 2 heterocycles. The molecule has 0 amide bonds. The second kappa shape index (κ2) is 7.73.